The lowest BCUT2D eigenvalue weighted by Gasteiger charge is -2.27. The third-order valence-corrected chi connectivity index (χ3v) is 2.70. The van der Waals surface area contributed by atoms with Crippen LogP contribution in [0.15, 0.2) is 12.3 Å². The van der Waals surface area contributed by atoms with E-state index >= 15 is 0 Å². The Morgan fingerprint density at radius 2 is 2.39 bits per heavy atom. The Hall–Kier alpha value is -1.40. The molecule has 6 heteroatoms. The van der Waals surface area contributed by atoms with E-state index in [0.717, 1.165) is 18.9 Å². The molecular weight excluding hydrogens is 232 g/mol. The predicted molar refractivity (Wildman–Crippen MR) is 70.0 cm³/mol. The standard InChI is InChI=1S/C12H20N4O2/c1-3-13-11-4-5-14-12(15-11)16(2)8-10-9-17-6-7-18-10/h4-5,10H,3,6-9H2,1-2H3,(H,13,14,15). The van der Waals surface area contributed by atoms with E-state index < -0.39 is 0 Å². The first kappa shape index (κ1) is 13.0. The molecule has 0 amide bonds. The average molecular weight is 252 g/mol. The van der Waals surface area contributed by atoms with Crippen molar-refractivity contribution in [1.82, 2.24) is 9.97 Å². The summed E-state index contributed by atoms with van der Waals surface area (Å²) in [6, 6.07) is 1.86. The van der Waals surface area contributed by atoms with Gasteiger partial charge < -0.3 is 19.7 Å². The van der Waals surface area contributed by atoms with Gasteiger partial charge in [-0.1, -0.05) is 0 Å². The van der Waals surface area contributed by atoms with E-state index in [1.54, 1.807) is 6.20 Å². The van der Waals surface area contributed by atoms with Crippen molar-refractivity contribution in [3.8, 4) is 0 Å². The van der Waals surface area contributed by atoms with Crippen LogP contribution in [-0.4, -0.2) is 56.0 Å². The van der Waals surface area contributed by atoms with Crippen LogP contribution in [0.4, 0.5) is 11.8 Å². The Bertz CT molecular complexity index is 369. The molecule has 0 aliphatic carbocycles. The van der Waals surface area contributed by atoms with Crippen LogP contribution >= 0.6 is 0 Å². The van der Waals surface area contributed by atoms with Gasteiger partial charge in [-0.2, -0.15) is 4.98 Å². The van der Waals surface area contributed by atoms with Crippen molar-refractivity contribution in [2.75, 3.05) is 50.2 Å². The van der Waals surface area contributed by atoms with Crippen LogP contribution in [0.2, 0.25) is 0 Å². The molecule has 1 aliphatic heterocycles. The number of rotatable bonds is 5. The van der Waals surface area contributed by atoms with Crippen molar-refractivity contribution in [3.05, 3.63) is 12.3 Å². The maximum atomic E-state index is 5.61. The third-order valence-electron chi connectivity index (χ3n) is 2.70. The van der Waals surface area contributed by atoms with E-state index in [-0.39, 0.29) is 6.10 Å². The largest absolute Gasteiger partial charge is 0.376 e. The number of nitrogens with zero attached hydrogens (tertiary/aromatic N) is 3. The first-order chi connectivity index (χ1) is 8.79. The first-order valence-corrected chi connectivity index (χ1v) is 6.27. The van der Waals surface area contributed by atoms with E-state index in [1.807, 2.05) is 24.9 Å². The van der Waals surface area contributed by atoms with Crippen molar-refractivity contribution in [3.63, 3.8) is 0 Å². The Morgan fingerprint density at radius 1 is 1.50 bits per heavy atom. The number of aromatic nitrogens is 2. The molecule has 0 radical (unpaired) electrons. The lowest BCUT2D eigenvalue weighted by atomic mass is 10.3. The Morgan fingerprint density at radius 3 is 3.11 bits per heavy atom. The van der Waals surface area contributed by atoms with Gasteiger partial charge >= 0.3 is 0 Å². The molecule has 6 nitrogen and oxygen atoms in total. The SMILES string of the molecule is CCNc1ccnc(N(C)CC2COCCO2)n1. The van der Waals surface area contributed by atoms with Crippen LogP contribution in [0.3, 0.4) is 0 Å². The molecule has 18 heavy (non-hydrogen) atoms. The quantitative estimate of drug-likeness (QED) is 0.835. The number of hydrogen-bond acceptors (Lipinski definition) is 6. The molecule has 1 aromatic heterocycles. The third kappa shape index (κ3) is 3.54. The van der Waals surface area contributed by atoms with Gasteiger partial charge in [0.15, 0.2) is 0 Å². The van der Waals surface area contributed by atoms with Crippen molar-refractivity contribution < 1.29 is 9.47 Å². The summed E-state index contributed by atoms with van der Waals surface area (Å²) in [5.74, 6) is 1.54. The van der Waals surface area contributed by atoms with Crippen LogP contribution < -0.4 is 10.2 Å². The van der Waals surface area contributed by atoms with Gasteiger partial charge in [0.2, 0.25) is 5.95 Å². The highest BCUT2D eigenvalue weighted by molar-refractivity contribution is 5.40. The van der Waals surface area contributed by atoms with Gasteiger partial charge in [-0.05, 0) is 13.0 Å². The molecule has 1 N–H and O–H groups in total. The normalized spacial score (nSPS) is 19.6. The first-order valence-electron chi connectivity index (χ1n) is 6.27. The predicted octanol–water partition coefficient (Wildman–Crippen LogP) is 0.760. The zero-order valence-corrected chi connectivity index (χ0v) is 10.9. The molecule has 0 saturated carbocycles. The molecule has 0 aromatic carbocycles. The summed E-state index contributed by atoms with van der Waals surface area (Å²) >= 11 is 0. The highest BCUT2D eigenvalue weighted by atomic mass is 16.6. The minimum Gasteiger partial charge on any atom is -0.376 e. The maximum Gasteiger partial charge on any atom is 0.227 e. The Balaban J connectivity index is 1.94. The molecular formula is C12H20N4O2. The lowest BCUT2D eigenvalue weighted by molar-refractivity contribution is -0.0837. The number of anilines is 2. The molecule has 1 saturated heterocycles. The van der Waals surface area contributed by atoms with E-state index in [0.29, 0.717) is 25.8 Å². The summed E-state index contributed by atoms with van der Waals surface area (Å²) < 4.78 is 11.0. The van der Waals surface area contributed by atoms with Gasteiger partial charge in [-0.15, -0.1) is 0 Å². The number of ether oxygens (including phenoxy) is 2. The van der Waals surface area contributed by atoms with Crippen LogP contribution in [0.25, 0.3) is 0 Å². The zero-order chi connectivity index (χ0) is 12.8. The number of nitrogens with one attached hydrogen (secondary N) is 1. The molecule has 1 aromatic rings. The second-order valence-corrected chi connectivity index (χ2v) is 4.22. The molecule has 1 unspecified atom stereocenters. The molecule has 1 fully saturated rings. The Kier molecular flexibility index (Phi) is 4.72. The summed E-state index contributed by atoms with van der Waals surface area (Å²) in [7, 11) is 1.96. The van der Waals surface area contributed by atoms with E-state index in [1.165, 1.54) is 0 Å². The summed E-state index contributed by atoms with van der Waals surface area (Å²) in [5, 5.41) is 3.17. The number of hydrogen-bond donors (Lipinski definition) is 1. The highest BCUT2D eigenvalue weighted by Crippen LogP contribution is 2.11. The lowest BCUT2D eigenvalue weighted by Crippen LogP contribution is -2.39. The smallest absolute Gasteiger partial charge is 0.227 e. The maximum absolute atomic E-state index is 5.61. The second kappa shape index (κ2) is 6.51. The summed E-state index contributed by atoms with van der Waals surface area (Å²) in [5.41, 5.74) is 0. The van der Waals surface area contributed by atoms with E-state index in [4.69, 9.17) is 9.47 Å². The van der Waals surface area contributed by atoms with Gasteiger partial charge in [0.25, 0.3) is 0 Å². The zero-order valence-electron chi connectivity index (χ0n) is 10.9. The molecule has 2 heterocycles. The molecule has 100 valence electrons. The fourth-order valence-corrected chi connectivity index (χ4v) is 1.84. The van der Waals surface area contributed by atoms with Gasteiger partial charge in [0.05, 0.1) is 25.9 Å². The highest BCUT2D eigenvalue weighted by Gasteiger charge is 2.17. The minimum atomic E-state index is 0.0927. The van der Waals surface area contributed by atoms with Crippen molar-refractivity contribution in [2.45, 2.75) is 13.0 Å². The topological polar surface area (TPSA) is 59.5 Å². The van der Waals surface area contributed by atoms with Crippen LogP contribution in [0.1, 0.15) is 6.92 Å². The van der Waals surface area contributed by atoms with Crippen LogP contribution in [0, 0.1) is 0 Å². The second-order valence-electron chi connectivity index (χ2n) is 4.22. The molecule has 1 aliphatic rings. The van der Waals surface area contributed by atoms with Crippen LogP contribution in [0.5, 0.6) is 0 Å². The Labute approximate surface area is 107 Å². The van der Waals surface area contributed by atoms with Gasteiger partial charge in [0, 0.05) is 26.3 Å². The fourth-order valence-electron chi connectivity index (χ4n) is 1.84. The molecule has 0 bridgehead atoms. The summed E-state index contributed by atoms with van der Waals surface area (Å²) in [4.78, 5) is 10.7. The van der Waals surface area contributed by atoms with Gasteiger partial charge in [-0.25, -0.2) is 4.98 Å². The number of likely N-dealkylation sites (N-methyl/N-ethyl adjacent to an activating group) is 1. The van der Waals surface area contributed by atoms with Gasteiger partial charge in [-0.3, -0.25) is 0 Å². The van der Waals surface area contributed by atoms with Gasteiger partial charge in [0.1, 0.15) is 5.82 Å². The van der Waals surface area contributed by atoms with E-state index in [9.17, 15) is 0 Å². The van der Waals surface area contributed by atoms with Crippen LogP contribution in [-0.2, 0) is 9.47 Å². The minimum absolute atomic E-state index is 0.0927. The van der Waals surface area contributed by atoms with Crippen molar-refractivity contribution in [2.24, 2.45) is 0 Å². The monoisotopic (exact) mass is 252 g/mol. The molecule has 1 atom stereocenters. The molecule has 2 rings (SSSR count). The van der Waals surface area contributed by atoms with Crippen molar-refractivity contribution >= 4 is 11.8 Å². The summed E-state index contributed by atoms with van der Waals surface area (Å²) in [6.07, 6.45) is 1.85. The molecule has 0 spiro atoms. The van der Waals surface area contributed by atoms with E-state index in [2.05, 4.69) is 15.3 Å². The fraction of sp³-hybridized carbons (Fsp3) is 0.667. The average Bonchev–Trinajstić information content (AvgIpc) is 2.40. The summed E-state index contributed by atoms with van der Waals surface area (Å²) in [6.45, 7) is 5.61. The van der Waals surface area contributed by atoms with Crippen molar-refractivity contribution in [1.29, 1.82) is 0 Å².